The molecule has 242 valence electrons. The largest absolute Gasteiger partial charge is 0.456 e. The van der Waals surface area contributed by atoms with Crippen LogP contribution in [0, 0.1) is 0 Å². The Kier molecular flexibility index (Phi) is 6.56. The number of ether oxygens (including phenoxy) is 1. The lowest BCUT2D eigenvalue weighted by Gasteiger charge is -2.30. The molecule has 1 heterocycles. The Morgan fingerprint density at radius 3 is 1.71 bits per heavy atom. The molecule has 1 aliphatic heterocycles. The van der Waals surface area contributed by atoms with Crippen LogP contribution in [0.1, 0.15) is 25.0 Å². The first-order chi connectivity index (χ1) is 25.1. The molecule has 0 spiro atoms. The van der Waals surface area contributed by atoms with Gasteiger partial charge >= 0.3 is 0 Å². The number of anilines is 3. The van der Waals surface area contributed by atoms with Crippen LogP contribution in [0.3, 0.4) is 0 Å². The summed E-state index contributed by atoms with van der Waals surface area (Å²) in [6.07, 6.45) is 0. The van der Waals surface area contributed by atoms with E-state index in [0.29, 0.717) is 0 Å². The average Bonchev–Trinajstić information content (AvgIpc) is 3.41. The topological polar surface area (TPSA) is 12.5 Å². The molecule has 0 saturated carbocycles. The monoisotopic (exact) mass is 653 g/mol. The second-order valence-corrected chi connectivity index (χ2v) is 14.1. The molecule has 0 bridgehead atoms. The zero-order valence-electron chi connectivity index (χ0n) is 28.6. The lowest BCUT2D eigenvalue weighted by atomic mass is 9.82. The Labute approximate surface area is 298 Å². The molecule has 8 aromatic rings. The zero-order valence-corrected chi connectivity index (χ0v) is 28.6. The van der Waals surface area contributed by atoms with E-state index < -0.39 is 0 Å². The minimum Gasteiger partial charge on any atom is -0.456 e. The third-order valence-electron chi connectivity index (χ3n) is 10.9. The van der Waals surface area contributed by atoms with Crippen LogP contribution in [0.5, 0.6) is 11.5 Å². The highest BCUT2D eigenvalue weighted by atomic mass is 16.5. The molecule has 1 aliphatic carbocycles. The summed E-state index contributed by atoms with van der Waals surface area (Å²) in [4.78, 5) is 2.45. The number of nitrogens with zero attached hydrogens (tertiary/aromatic N) is 1. The molecule has 2 heteroatoms. The molecule has 0 aromatic heterocycles. The van der Waals surface area contributed by atoms with Gasteiger partial charge in [0.1, 0.15) is 11.5 Å². The molecule has 0 amide bonds. The van der Waals surface area contributed by atoms with Gasteiger partial charge in [0.2, 0.25) is 0 Å². The van der Waals surface area contributed by atoms with Crippen LogP contribution in [0.25, 0.3) is 55.3 Å². The van der Waals surface area contributed by atoms with Crippen LogP contribution in [0.15, 0.2) is 176 Å². The highest BCUT2D eigenvalue weighted by molar-refractivity contribution is 6.14. The summed E-state index contributed by atoms with van der Waals surface area (Å²) in [7, 11) is 0. The summed E-state index contributed by atoms with van der Waals surface area (Å²) in [5, 5.41) is 2.41. The van der Waals surface area contributed by atoms with Crippen LogP contribution in [0.2, 0.25) is 0 Å². The van der Waals surface area contributed by atoms with E-state index in [-0.39, 0.29) is 5.41 Å². The Morgan fingerprint density at radius 2 is 0.961 bits per heavy atom. The van der Waals surface area contributed by atoms with Gasteiger partial charge in [-0.2, -0.15) is 0 Å². The highest BCUT2D eigenvalue weighted by Gasteiger charge is 2.36. The molecule has 0 unspecified atom stereocenters. The van der Waals surface area contributed by atoms with Gasteiger partial charge in [0.05, 0.1) is 5.69 Å². The van der Waals surface area contributed by atoms with Crippen molar-refractivity contribution >= 4 is 27.8 Å². The van der Waals surface area contributed by atoms with Crippen molar-refractivity contribution in [1.29, 1.82) is 0 Å². The summed E-state index contributed by atoms with van der Waals surface area (Å²) < 4.78 is 6.61. The van der Waals surface area contributed by atoms with Crippen LogP contribution >= 0.6 is 0 Å². The smallest absolute Gasteiger partial charge is 0.135 e. The van der Waals surface area contributed by atoms with Crippen molar-refractivity contribution in [2.45, 2.75) is 19.3 Å². The van der Waals surface area contributed by atoms with E-state index >= 15 is 0 Å². The predicted molar refractivity (Wildman–Crippen MR) is 213 cm³/mol. The number of rotatable bonds is 4. The van der Waals surface area contributed by atoms with E-state index in [2.05, 4.69) is 195 Å². The van der Waals surface area contributed by atoms with E-state index in [4.69, 9.17) is 4.74 Å². The number of hydrogen-bond acceptors (Lipinski definition) is 2. The zero-order chi connectivity index (χ0) is 34.1. The van der Waals surface area contributed by atoms with Gasteiger partial charge in [-0.15, -0.1) is 0 Å². The van der Waals surface area contributed by atoms with Crippen molar-refractivity contribution in [3.8, 4) is 56.0 Å². The lowest BCUT2D eigenvalue weighted by molar-refractivity contribution is 0.486. The van der Waals surface area contributed by atoms with E-state index in [0.717, 1.165) is 39.7 Å². The molecular formula is C49H35NO. The minimum absolute atomic E-state index is 0.117. The molecule has 2 aliphatic rings. The standard InChI is InChI=1S/C49H35NO/c1-49(2)43-20-9-6-15-36(43)37-28-27-35(31-44(37)49)50(34-25-23-33(24-26-34)32-13-4-3-5-14-32)45-30-29-41-39-17-8-11-22-47(39)51-46-21-10-7-16-38(46)40-18-12-19-42(45)48(40)41/h3-31H,1-2H3. The number of fused-ring (bicyclic) bond motifs is 7. The molecule has 0 radical (unpaired) electrons. The second kappa shape index (κ2) is 11.3. The molecule has 8 aromatic carbocycles. The van der Waals surface area contributed by atoms with E-state index in [9.17, 15) is 0 Å². The van der Waals surface area contributed by atoms with Gasteiger partial charge in [-0.1, -0.05) is 147 Å². The molecule has 0 N–H and O–H groups in total. The van der Waals surface area contributed by atoms with Crippen molar-refractivity contribution in [3.05, 3.63) is 187 Å². The van der Waals surface area contributed by atoms with Crippen molar-refractivity contribution < 1.29 is 4.74 Å². The summed E-state index contributed by atoms with van der Waals surface area (Å²) in [6.45, 7) is 4.71. The van der Waals surface area contributed by atoms with Crippen molar-refractivity contribution in [2.24, 2.45) is 0 Å². The number of benzene rings is 8. The SMILES string of the molecule is CC1(C)c2ccccc2-c2ccc(N(c3ccc(-c4ccccc4)cc3)c3ccc4c5c(cccc35)-c3ccccc3Oc3ccccc3-4)cc21. The van der Waals surface area contributed by atoms with Gasteiger partial charge in [-0.3, -0.25) is 0 Å². The summed E-state index contributed by atoms with van der Waals surface area (Å²) in [5.41, 5.74) is 15.6. The summed E-state index contributed by atoms with van der Waals surface area (Å²) in [5.74, 6) is 1.73. The quantitative estimate of drug-likeness (QED) is 0.187. The molecule has 51 heavy (non-hydrogen) atoms. The first-order valence-corrected chi connectivity index (χ1v) is 17.7. The fraction of sp³-hybridized carbons (Fsp3) is 0.0612. The summed E-state index contributed by atoms with van der Waals surface area (Å²) in [6, 6.07) is 63.6. The summed E-state index contributed by atoms with van der Waals surface area (Å²) >= 11 is 0. The van der Waals surface area contributed by atoms with Crippen molar-refractivity contribution in [2.75, 3.05) is 4.90 Å². The first kappa shape index (κ1) is 29.5. The molecule has 0 atom stereocenters. The third-order valence-corrected chi connectivity index (χ3v) is 10.9. The van der Waals surface area contributed by atoms with Gasteiger partial charge in [0, 0.05) is 33.3 Å². The predicted octanol–water partition coefficient (Wildman–Crippen LogP) is 13.7. The van der Waals surface area contributed by atoms with Crippen LogP contribution < -0.4 is 9.64 Å². The number of hydrogen-bond donors (Lipinski definition) is 0. The maximum Gasteiger partial charge on any atom is 0.135 e. The maximum atomic E-state index is 6.61. The Balaban J connectivity index is 1.24. The van der Waals surface area contributed by atoms with Crippen LogP contribution in [-0.2, 0) is 5.41 Å². The van der Waals surface area contributed by atoms with E-state index in [1.165, 1.54) is 55.3 Å². The molecule has 10 rings (SSSR count). The van der Waals surface area contributed by atoms with Crippen molar-refractivity contribution in [1.82, 2.24) is 0 Å². The maximum absolute atomic E-state index is 6.61. The average molecular weight is 654 g/mol. The van der Waals surface area contributed by atoms with Gasteiger partial charge < -0.3 is 9.64 Å². The molecule has 0 fully saturated rings. The normalized spacial score (nSPS) is 13.2. The molecular weight excluding hydrogens is 619 g/mol. The Hall–Kier alpha value is -6.38. The number of para-hydroxylation sites is 2. The van der Waals surface area contributed by atoms with E-state index in [1.807, 2.05) is 0 Å². The van der Waals surface area contributed by atoms with Crippen LogP contribution in [-0.4, -0.2) is 0 Å². The Morgan fingerprint density at radius 1 is 0.412 bits per heavy atom. The molecule has 2 nitrogen and oxygen atoms in total. The minimum atomic E-state index is -0.117. The fourth-order valence-electron chi connectivity index (χ4n) is 8.40. The highest BCUT2D eigenvalue weighted by Crippen LogP contribution is 2.53. The first-order valence-electron chi connectivity index (χ1n) is 17.7. The third kappa shape index (κ3) is 4.57. The molecule has 0 saturated heterocycles. The van der Waals surface area contributed by atoms with Crippen molar-refractivity contribution in [3.63, 3.8) is 0 Å². The van der Waals surface area contributed by atoms with E-state index in [1.54, 1.807) is 0 Å². The van der Waals surface area contributed by atoms with Gasteiger partial charge in [0.15, 0.2) is 0 Å². The van der Waals surface area contributed by atoms with Crippen LogP contribution in [0.4, 0.5) is 17.1 Å². The second-order valence-electron chi connectivity index (χ2n) is 14.1. The van der Waals surface area contributed by atoms with Gasteiger partial charge in [0.25, 0.3) is 0 Å². The Bertz CT molecular complexity index is 2580. The lowest BCUT2D eigenvalue weighted by Crippen LogP contribution is -2.16. The van der Waals surface area contributed by atoms with Gasteiger partial charge in [-0.05, 0) is 92.4 Å². The van der Waals surface area contributed by atoms with Gasteiger partial charge in [-0.25, -0.2) is 0 Å². The fourth-order valence-corrected chi connectivity index (χ4v) is 8.40.